The lowest BCUT2D eigenvalue weighted by molar-refractivity contribution is 0.412. The second-order valence-corrected chi connectivity index (χ2v) is 6.08. The number of hydrogen-bond acceptors (Lipinski definition) is 4. The Kier molecular flexibility index (Phi) is 3.47. The van der Waals surface area contributed by atoms with Crippen molar-refractivity contribution >= 4 is 28.5 Å². The molecule has 4 rings (SSSR count). The van der Waals surface area contributed by atoms with Crippen LogP contribution in [-0.4, -0.2) is 23.1 Å². The first kappa shape index (κ1) is 13.6. The van der Waals surface area contributed by atoms with E-state index in [1.165, 1.54) is 0 Å². The van der Waals surface area contributed by atoms with Crippen molar-refractivity contribution < 1.29 is 4.42 Å². The number of nitrogens with zero attached hydrogens (tertiary/aromatic N) is 3. The van der Waals surface area contributed by atoms with Crippen LogP contribution in [0.15, 0.2) is 47.0 Å². The van der Waals surface area contributed by atoms with Crippen LogP contribution < -0.4 is 4.90 Å². The van der Waals surface area contributed by atoms with E-state index < -0.39 is 0 Å². The number of halogens is 1. The molecular weight excluding hydrogens is 298 g/mol. The Morgan fingerprint density at radius 1 is 1.18 bits per heavy atom. The van der Waals surface area contributed by atoms with Gasteiger partial charge < -0.3 is 9.32 Å². The highest BCUT2D eigenvalue weighted by molar-refractivity contribution is 6.30. The molecule has 4 nitrogen and oxygen atoms in total. The van der Waals surface area contributed by atoms with Crippen LogP contribution in [0.25, 0.3) is 11.1 Å². The number of hydrogen-bond donors (Lipinski definition) is 0. The zero-order valence-electron chi connectivity index (χ0n) is 12.1. The molecule has 3 aromatic rings. The van der Waals surface area contributed by atoms with Gasteiger partial charge in [0.25, 0.3) is 0 Å². The summed E-state index contributed by atoms with van der Waals surface area (Å²) in [5.41, 5.74) is 1.79. The molecule has 0 amide bonds. The summed E-state index contributed by atoms with van der Waals surface area (Å²) in [6.07, 6.45) is 3.89. The minimum atomic E-state index is 0.304. The number of fused-ring (bicyclic) bond motifs is 1. The van der Waals surface area contributed by atoms with Gasteiger partial charge in [0.1, 0.15) is 11.3 Å². The van der Waals surface area contributed by atoms with E-state index in [9.17, 15) is 0 Å². The highest BCUT2D eigenvalue weighted by Gasteiger charge is 2.26. The van der Waals surface area contributed by atoms with Gasteiger partial charge >= 0.3 is 0 Å². The number of oxazole rings is 1. The maximum atomic E-state index is 5.93. The molecule has 0 aliphatic carbocycles. The molecule has 0 N–H and O–H groups in total. The van der Waals surface area contributed by atoms with Crippen molar-refractivity contribution in [2.75, 3.05) is 18.0 Å². The average molecular weight is 314 g/mol. The van der Waals surface area contributed by atoms with Gasteiger partial charge in [-0.05, 0) is 37.1 Å². The summed E-state index contributed by atoms with van der Waals surface area (Å²) in [6, 6.07) is 11.8. The second kappa shape index (κ2) is 5.61. The van der Waals surface area contributed by atoms with Gasteiger partial charge in [-0.3, -0.25) is 0 Å². The van der Waals surface area contributed by atoms with E-state index in [0.29, 0.717) is 10.9 Å². The second-order valence-electron chi connectivity index (χ2n) is 5.64. The molecule has 1 aliphatic heterocycles. The van der Waals surface area contributed by atoms with E-state index in [1.54, 1.807) is 6.20 Å². The average Bonchev–Trinajstić information content (AvgIpc) is 3.00. The maximum absolute atomic E-state index is 5.93. The summed E-state index contributed by atoms with van der Waals surface area (Å²) in [6.45, 7) is 1.88. The van der Waals surface area contributed by atoms with E-state index >= 15 is 0 Å². The Hall–Kier alpha value is -2.07. The molecule has 1 atom stereocenters. The Labute approximate surface area is 133 Å². The first-order valence-corrected chi connectivity index (χ1v) is 7.89. The van der Waals surface area contributed by atoms with Gasteiger partial charge in [0, 0.05) is 19.3 Å². The molecule has 22 heavy (non-hydrogen) atoms. The number of piperidine rings is 1. The van der Waals surface area contributed by atoms with Crippen molar-refractivity contribution in [3.63, 3.8) is 0 Å². The molecule has 5 heteroatoms. The molecule has 1 saturated heterocycles. The fourth-order valence-electron chi connectivity index (χ4n) is 3.01. The van der Waals surface area contributed by atoms with Crippen LogP contribution in [0, 0.1) is 0 Å². The summed E-state index contributed by atoms with van der Waals surface area (Å²) in [4.78, 5) is 11.3. The van der Waals surface area contributed by atoms with Gasteiger partial charge in [0.05, 0.1) is 10.9 Å². The van der Waals surface area contributed by atoms with Crippen molar-refractivity contribution in [1.82, 2.24) is 9.97 Å². The quantitative estimate of drug-likeness (QED) is 0.709. The summed E-state index contributed by atoms with van der Waals surface area (Å²) in [5, 5.41) is 0.663. The zero-order chi connectivity index (χ0) is 14.9. The monoisotopic (exact) mass is 313 g/mol. The molecule has 0 radical (unpaired) electrons. The summed E-state index contributed by atoms with van der Waals surface area (Å²) in [7, 11) is 0. The van der Waals surface area contributed by atoms with Gasteiger partial charge in [0.2, 0.25) is 0 Å². The van der Waals surface area contributed by atoms with Crippen molar-refractivity contribution in [1.29, 1.82) is 0 Å². The topological polar surface area (TPSA) is 42.2 Å². The molecule has 0 bridgehead atoms. The molecule has 1 aromatic carbocycles. The molecular formula is C17H16ClN3O. The van der Waals surface area contributed by atoms with E-state index in [1.807, 2.05) is 36.4 Å². The third-order valence-electron chi connectivity index (χ3n) is 4.12. The van der Waals surface area contributed by atoms with Gasteiger partial charge in [-0.2, -0.15) is 0 Å². The predicted octanol–water partition coefficient (Wildman–Crippen LogP) is 4.26. The van der Waals surface area contributed by atoms with Crippen molar-refractivity contribution in [3.05, 3.63) is 53.5 Å². The molecule has 1 unspecified atom stereocenters. The Bertz CT molecular complexity index is 751. The highest BCUT2D eigenvalue weighted by atomic mass is 35.5. The van der Waals surface area contributed by atoms with Crippen LogP contribution in [0.3, 0.4) is 0 Å². The zero-order valence-corrected chi connectivity index (χ0v) is 12.8. The minimum Gasteiger partial charge on any atom is -0.440 e. The molecule has 1 fully saturated rings. The van der Waals surface area contributed by atoms with Crippen LogP contribution >= 0.6 is 11.6 Å². The van der Waals surface area contributed by atoms with Crippen LogP contribution in [0.5, 0.6) is 0 Å². The summed E-state index contributed by atoms with van der Waals surface area (Å²) >= 11 is 5.91. The number of anilines is 1. The lowest BCUT2D eigenvalue weighted by atomic mass is 9.98. The fourth-order valence-corrected chi connectivity index (χ4v) is 3.12. The van der Waals surface area contributed by atoms with Crippen LogP contribution in [-0.2, 0) is 0 Å². The fraction of sp³-hybridized carbons (Fsp3) is 0.294. The molecule has 2 aromatic heterocycles. The van der Waals surface area contributed by atoms with Crippen molar-refractivity contribution in [2.45, 2.75) is 18.8 Å². The van der Waals surface area contributed by atoms with E-state index in [4.69, 9.17) is 16.0 Å². The van der Waals surface area contributed by atoms with Crippen molar-refractivity contribution in [2.24, 2.45) is 0 Å². The van der Waals surface area contributed by atoms with Gasteiger partial charge in [-0.15, -0.1) is 0 Å². The van der Waals surface area contributed by atoms with Gasteiger partial charge in [0.15, 0.2) is 11.5 Å². The number of rotatable bonds is 2. The highest BCUT2D eigenvalue weighted by Crippen LogP contribution is 2.30. The first-order valence-electron chi connectivity index (χ1n) is 7.51. The number of para-hydroxylation sites is 2. The Balaban J connectivity index is 1.58. The molecule has 112 valence electrons. The largest absolute Gasteiger partial charge is 0.440 e. The standard InChI is InChI=1S/C17H16ClN3O/c18-13-7-8-16(19-10-13)21-9-3-4-12(11-21)17-20-14-5-1-2-6-15(14)22-17/h1-2,5-8,10,12H,3-4,9,11H2. The molecule has 1 aliphatic rings. The normalized spacial score (nSPS) is 18.8. The van der Waals surface area contributed by atoms with E-state index in [2.05, 4.69) is 14.9 Å². The first-order chi connectivity index (χ1) is 10.8. The van der Waals surface area contributed by atoms with E-state index in [-0.39, 0.29) is 0 Å². The lowest BCUT2D eigenvalue weighted by Crippen LogP contribution is -2.35. The Morgan fingerprint density at radius 3 is 2.91 bits per heavy atom. The number of aromatic nitrogens is 2. The van der Waals surface area contributed by atoms with Crippen LogP contribution in [0.2, 0.25) is 5.02 Å². The van der Waals surface area contributed by atoms with E-state index in [0.717, 1.165) is 48.7 Å². The van der Waals surface area contributed by atoms with Gasteiger partial charge in [-0.25, -0.2) is 9.97 Å². The number of benzene rings is 1. The summed E-state index contributed by atoms with van der Waals surface area (Å²) in [5.74, 6) is 2.10. The molecule has 3 heterocycles. The third kappa shape index (κ3) is 2.55. The van der Waals surface area contributed by atoms with Crippen LogP contribution in [0.1, 0.15) is 24.7 Å². The maximum Gasteiger partial charge on any atom is 0.200 e. The minimum absolute atomic E-state index is 0.304. The molecule has 0 spiro atoms. The molecule has 0 saturated carbocycles. The summed E-state index contributed by atoms with van der Waals surface area (Å²) < 4.78 is 5.93. The third-order valence-corrected chi connectivity index (χ3v) is 4.34. The van der Waals surface area contributed by atoms with Crippen molar-refractivity contribution in [3.8, 4) is 0 Å². The lowest BCUT2D eigenvalue weighted by Gasteiger charge is -2.32. The van der Waals surface area contributed by atoms with Gasteiger partial charge in [-0.1, -0.05) is 23.7 Å². The Morgan fingerprint density at radius 2 is 2.09 bits per heavy atom. The smallest absolute Gasteiger partial charge is 0.200 e. The predicted molar refractivity (Wildman–Crippen MR) is 87.4 cm³/mol. The number of pyridine rings is 1. The van der Waals surface area contributed by atoms with Crippen LogP contribution in [0.4, 0.5) is 5.82 Å². The SMILES string of the molecule is Clc1ccc(N2CCCC(c3nc4ccccc4o3)C2)nc1.